The van der Waals surface area contributed by atoms with Crippen LogP contribution in [0.5, 0.6) is 0 Å². The minimum absolute atomic E-state index is 0.102. The third-order valence-corrected chi connectivity index (χ3v) is 2.60. The summed E-state index contributed by atoms with van der Waals surface area (Å²) < 4.78 is 5.00. The van der Waals surface area contributed by atoms with E-state index in [4.69, 9.17) is 4.74 Å². The Morgan fingerprint density at radius 1 is 1.36 bits per heavy atom. The van der Waals surface area contributed by atoms with Gasteiger partial charge >= 0.3 is 6.09 Å². The van der Waals surface area contributed by atoms with Gasteiger partial charge in [0.2, 0.25) is 0 Å². The molecule has 1 aliphatic rings. The monoisotopic (exact) mass is 201 g/mol. The van der Waals surface area contributed by atoms with Crippen LogP contribution < -0.4 is 0 Å². The van der Waals surface area contributed by atoms with Crippen molar-refractivity contribution in [1.29, 1.82) is 0 Å². The molecule has 0 aromatic heterocycles. The fraction of sp³-hybridized carbons (Fsp3) is 0.900. The molecule has 0 saturated carbocycles. The Bertz CT molecular complexity index is 219. The number of amides is 1. The minimum atomic E-state index is -0.712. The molecule has 0 aromatic rings. The van der Waals surface area contributed by atoms with E-state index in [2.05, 4.69) is 0 Å². The van der Waals surface area contributed by atoms with Gasteiger partial charge in [-0.15, -0.1) is 0 Å². The molecule has 0 unspecified atom stereocenters. The molecule has 1 aliphatic heterocycles. The van der Waals surface area contributed by atoms with E-state index in [9.17, 15) is 9.90 Å². The summed E-state index contributed by atoms with van der Waals surface area (Å²) >= 11 is 0. The molecule has 0 atom stereocenters. The number of rotatable bonds is 2. The van der Waals surface area contributed by atoms with E-state index in [0.717, 1.165) is 0 Å². The van der Waals surface area contributed by atoms with Crippen LogP contribution in [0.2, 0.25) is 0 Å². The van der Waals surface area contributed by atoms with Crippen LogP contribution in [0.3, 0.4) is 0 Å². The summed E-state index contributed by atoms with van der Waals surface area (Å²) in [4.78, 5) is 12.9. The number of hydrogen-bond donors (Lipinski definition) is 1. The highest BCUT2D eigenvalue weighted by Gasteiger charge is 2.46. The van der Waals surface area contributed by atoms with Crippen molar-refractivity contribution < 1.29 is 14.6 Å². The van der Waals surface area contributed by atoms with Crippen molar-refractivity contribution in [2.24, 2.45) is 5.92 Å². The number of nitrogens with zero attached hydrogens (tertiary/aromatic N) is 1. The van der Waals surface area contributed by atoms with Crippen molar-refractivity contribution >= 4 is 6.09 Å². The molecule has 14 heavy (non-hydrogen) atoms. The van der Waals surface area contributed by atoms with E-state index in [-0.39, 0.29) is 18.1 Å². The first-order chi connectivity index (χ1) is 6.35. The fourth-order valence-electron chi connectivity index (χ4n) is 1.39. The molecule has 1 fully saturated rings. The minimum Gasteiger partial charge on any atom is -0.447 e. The van der Waals surface area contributed by atoms with Crippen LogP contribution in [0, 0.1) is 5.92 Å². The molecular formula is C10H19NO3. The van der Waals surface area contributed by atoms with E-state index in [0.29, 0.717) is 13.1 Å². The SMILES string of the molecule is CC(C)OC(=O)N1CC(O)(C(C)C)C1. The maximum atomic E-state index is 11.3. The maximum absolute atomic E-state index is 11.3. The molecule has 0 aliphatic carbocycles. The highest BCUT2D eigenvalue weighted by atomic mass is 16.6. The number of hydrogen-bond acceptors (Lipinski definition) is 3. The summed E-state index contributed by atoms with van der Waals surface area (Å²) in [7, 11) is 0. The average molecular weight is 201 g/mol. The number of aliphatic hydroxyl groups is 1. The topological polar surface area (TPSA) is 49.8 Å². The highest BCUT2D eigenvalue weighted by Crippen LogP contribution is 2.28. The third-order valence-electron chi connectivity index (χ3n) is 2.60. The van der Waals surface area contributed by atoms with Gasteiger partial charge in [0.1, 0.15) is 5.60 Å². The van der Waals surface area contributed by atoms with Gasteiger partial charge in [0, 0.05) is 0 Å². The molecule has 0 spiro atoms. The number of β-amino-alcohol motifs (C(OH)–C–C–N with tert-alkyl or cyclic N) is 1. The van der Waals surface area contributed by atoms with Crippen LogP contribution in [0.4, 0.5) is 4.79 Å². The van der Waals surface area contributed by atoms with Crippen molar-refractivity contribution in [1.82, 2.24) is 4.90 Å². The summed E-state index contributed by atoms with van der Waals surface area (Å²) in [5.41, 5.74) is -0.712. The molecule has 1 amide bonds. The summed E-state index contributed by atoms with van der Waals surface area (Å²) in [6.45, 7) is 8.29. The van der Waals surface area contributed by atoms with Crippen LogP contribution >= 0.6 is 0 Å². The van der Waals surface area contributed by atoms with Gasteiger partial charge in [0.15, 0.2) is 0 Å². The quantitative estimate of drug-likeness (QED) is 0.731. The zero-order valence-corrected chi connectivity index (χ0v) is 9.28. The van der Waals surface area contributed by atoms with Crippen molar-refractivity contribution in [2.45, 2.75) is 39.4 Å². The number of likely N-dealkylation sites (tertiary alicyclic amines) is 1. The first-order valence-electron chi connectivity index (χ1n) is 5.03. The molecule has 1 heterocycles. The second kappa shape index (κ2) is 3.77. The van der Waals surface area contributed by atoms with Gasteiger partial charge in [0.25, 0.3) is 0 Å². The Labute approximate surface area is 84.8 Å². The third kappa shape index (κ3) is 2.18. The fourth-order valence-corrected chi connectivity index (χ4v) is 1.39. The summed E-state index contributed by atoms with van der Waals surface area (Å²) in [6, 6.07) is 0. The van der Waals surface area contributed by atoms with Crippen molar-refractivity contribution in [3.63, 3.8) is 0 Å². The van der Waals surface area contributed by atoms with Gasteiger partial charge in [-0.25, -0.2) is 4.79 Å². The number of ether oxygens (including phenoxy) is 1. The zero-order valence-electron chi connectivity index (χ0n) is 9.28. The van der Waals surface area contributed by atoms with Gasteiger partial charge < -0.3 is 14.7 Å². The molecule has 4 nitrogen and oxygen atoms in total. The van der Waals surface area contributed by atoms with Crippen molar-refractivity contribution in [3.8, 4) is 0 Å². The van der Waals surface area contributed by atoms with Gasteiger partial charge in [-0.1, -0.05) is 13.8 Å². The van der Waals surface area contributed by atoms with Crippen LogP contribution in [-0.2, 0) is 4.74 Å². The van der Waals surface area contributed by atoms with Crippen LogP contribution in [-0.4, -0.2) is 40.9 Å². The summed E-state index contributed by atoms with van der Waals surface area (Å²) in [5.74, 6) is 0.172. The van der Waals surface area contributed by atoms with Crippen LogP contribution in [0.25, 0.3) is 0 Å². The van der Waals surface area contributed by atoms with Gasteiger partial charge in [-0.05, 0) is 19.8 Å². The average Bonchev–Trinajstić information content (AvgIpc) is 1.96. The second-order valence-corrected chi connectivity index (χ2v) is 4.55. The number of carbonyl (C=O) groups excluding carboxylic acids is 1. The predicted molar refractivity (Wildman–Crippen MR) is 53.0 cm³/mol. The van der Waals surface area contributed by atoms with Gasteiger partial charge in [-0.3, -0.25) is 0 Å². The van der Waals surface area contributed by atoms with E-state index in [1.807, 2.05) is 27.7 Å². The standard InChI is InChI=1S/C10H19NO3/c1-7(2)10(13)5-11(6-10)9(12)14-8(3)4/h7-8,13H,5-6H2,1-4H3. The van der Waals surface area contributed by atoms with Crippen molar-refractivity contribution in [3.05, 3.63) is 0 Å². The molecule has 82 valence electrons. The summed E-state index contributed by atoms with van der Waals surface area (Å²) in [6.07, 6.45) is -0.430. The van der Waals surface area contributed by atoms with Crippen LogP contribution in [0.15, 0.2) is 0 Å². The molecule has 1 rings (SSSR count). The normalized spacial score (nSPS) is 19.8. The smallest absolute Gasteiger partial charge is 0.410 e. The van der Waals surface area contributed by atoms with Crippen LogP contribution in [0.1, 0.15) is 27.7 Å². The van der Waals surface area contributed by atoms with E-state index >= 15 is 0 Å². The lowest BCUT2D eigenvalue weighted by Crippen LogP contribution is -2.66. The predicted octanol–water partition coefficient (Wildman–Crippen LogP) is 1.23. The first-order valence-corrected chi connectivity index (χ1v) is 5.03. The Morgan fingerprint density at radius 3 is 2.21 bits per heavy atom. The van der Waals surface area contributed by atoms with Gasteiger partial charge in [-0.2, -0.15) is 0 Å². The lowest BCUT2D eigenvalue weighted by atomic mass is 9.83. The molecule has 0 bridgehead atoms. The molecular weight excluding hydrogens is 182 g/mol. The van der Waals surface area contributed by atoms with E-state index in [1.54, 1.807) is 0 Å². The lowest BCUT2D eigenvalue weighted by Gasteiger charge is -2.48. The lowest BCUT2D eigenvalue weighted by molar-refractivity contribution is -0.119. The van der Waals surface area contributed by atoms with Gasteiger partial charge in [0.05, 0.1) is 19.2 Å². The Hall–Kier alpha value is -0.770. The molecule has 1 N–H and O–H groups in total. The molecule has 0 aromatic carbocycles. The Kier molecular flexibility index (Phi) is 3.04. The van der Waals surface area contributed by atoms with Crippen molar-refractivity contribution in [2.75, 3.05) is 13.1 Å². The zero-order chi connectivity index (χ0) is 10.9. The highest BCUT2D eigenvalue weighted by molar-refractivity contribution is 5.69. The molecule has 1 saturated heterocycles. The summed E-state index contributed by atoms with van der Waals surface area (Å²) in [5, 5.41) is 9.89. The first kappa shape index (κ1) is 11.3. The number of carbonyl (C=O) groups is 1. The molecule has 4 heteroatoms. The Morgan fingerprint density at radius 2 is 1.86 bits per heavy atom. The van der Waals surface area contributed by atoms with E-state index in [1.165, 1.54) is 4.90 Å². The Balaban J connectivity index is 2.37. The van der Waals surface area contributed by atoms with E-state index < -0.39 is 5.60 Å². The molecule has 0 radical (unpaired) electrons. The second-order valence-electron chi connectivity index (χ2n) is 4.55. The maximum Gasteiger partial charge on any atom is 0.410 e. The largest absolute Gasteiger partial charge is 0.447 e.